The molecule has 1 aromatic heterocycles. The van der Waals surface area contributed by atoms with Gasteiger partial charge >= 0.3 is 5.97 Å². The van der Waals surface area contributed by atoms with E-state index in [0.717, 1.165) is 5.56 Å². The van der Waals surface area contributed by atoms with Gasteiger partial charge in [0.1, 0.15) is 5.76 Å². The molecule has 1 aromatic rings. The Labute approximate surface area is 69.7 Å². The van der Waals surface area contributed by atoms with Crippen LogP contribution in [0.4, 0.5) is 0 Å². The Morgan fingerprint density at radius 3 is 3.00 bits per heavy atom. The van der Waals surface area contributed by atoms with E-state index in [2.05, 4.69) is 4.98 Å². The van der Waals surface area contributed by atoms with Crippen molar-refractivity contribution in [3.05, 3.63) is 36.2 Å². The van der Waals surface area contributed by atoms with Gasteiger partial charge in [0.05, 0.1) is 6.42 Å². The fourth-order valence-electron chi connectivity index (χ4n) is 1.07. The number of rotatable bonds is 1. The van der Waals surface area contributed by atoms with E-state index in [0.29, 0.717) is 12.2 Å². The highest BCUT2D eigenvalue weighted by atomic mass is 16.5. The molecule has 0 spiro atoms. The summed E-state index contributed by atoms with van der Waals surface area (Å²) in [7, 11) is 0. The highest BCUT2D eigenvalue weighted by Gasteiger charge is 2.15. The molecule has 0 aliphatic carbocycles. The van der Waals surface area contributed by atoms with Crippen molar-refractivity contribution >= 4 is 11.7 Å². The standard InChI is InChI=1S/C9H7NO2/c11-9-4-3-8(12-9)7-2-1-5-10-6-7/h1-3,5-6H,4H2. The van der Waals surface area contributed by atoms with Gasteiger partial charge in [0, 0.05) is 18.0 Å². The normalized spacial score (nSPS) is 15.7. The van der Waals surface area contributed by atoms with Gasteiger partial charge in [0.2, 0.25) is 0 Å². The summed E-state index contributed by atoms with van der Waals surface area (Å²) < 4.78 is 4.93. The minimum atomic E-state index is -0.200. The van der Waals surface area contributed by atoms with Gasteiger partial charge < -0.3 is 4.74 Å². The monoisotopic (exact) mass is 161 g/mol. The van der Waals surface area contributed by atoms with Gasteiger partial charge in [-0.25, -0.2) is 0 Å². The topological polar surface area (TPSA) is 39.2 Å². The van der Waals surface area contributed by atoms with Crippen molar-refractivity contribution in [3.63, 3.8) is 0 Å². The lowest BCUT2D eigenvalue weighted by atomic mass is 10.2. The third-order valence-corrected chi connectivity index (χ3v) is 1.62. The summed E-state index contributed by atoms with van der Waals surface area (Å²) >= 11 is 0. The zero-order valence-electron chi connectivity index (χ0n) is 6.36. The fraction of sp³-hybridized carbons (Fsp3) is 0.111. The molecule has 0 unspecified atom stereocenters. The average Bonchev–Trinajstić information content (AvgIpc) is 2.54. The van der Waals surface area contributed by atoms with Crippen LogP contribution >= 0.6 is 0 Å². The predicted molar refractivity (Wildman–Crippen MR) is 42.9 cm³/mol. The molecule has 1 aliphatic heterocycles. The lowest BCUT2D eigenvalue weighted by Crippen LogP contribution is -1.93. The van der Waals surface area contributed by atoms with Crippen LogP contribution in [0, 0.1) is 0 Å². The smallest absolute Gasteiger partial charge is 0.315 e. The first-order chi connectivity index (χ1) is 5.86. The van der Waals surface area contributed by atoms with Gasteiger partial charge in [-0.1, -0.05) is 0 Å². The van der Waals surface area contributed by atoms with Gasteiger partial charge in [-0.05, 0) is 18.2 Å². The quantitative estimate of drug-likeness (QED) is 0.584. The fourth-order valence-corrected chi connectivity index (χ4v) is 1.07. The van der Waals surface area contributed by atoms with Crippen molar-refractivity contribution in [1.29, 1.82) is 0 Å². The third-order valence-electron chi connectivity index (χ3n) is 1.62. The highest BCUT2D eigenvalue weighted by Crippen LogP contribution is 2.21. The number of nitrogens with zero attached hydrogens (tertiary/aromatic N) is 1. The summed E-state index contributed by atoms with van der Waals surface area (Å²) in [5.74, 6) is 0.418. The van der Waals surface area contributed by atoms with Crippen LogP contribution in [0.1, 0.15) is 12.0 Å². The summed E-state index contributed by atoms with van der Waals surface area (Å²) in [5.41, 5.74) is 0.850. The van der Waals surface area contributed by atoms with E-state index in [9.17, 15) is 4.79 Å². The van der Waals surface area contributed by atoms with Crippen LogP contribution < -0.4 is 0 Å². The SMILES string of the molecule is O=C1CC=C(c2cccnc2)O1. The summed E-state index contributed by atoms with van der Waals surface area (Å²) in [6.07, 6.45) is 5.48. The summed E-state index contributed by atoms with van der Waals surface area (Å²) in [6, 6.07) is 3.67. The first kappa shape index (κ1) is 7.03. The summed E-state index contributed by atoms with van der Waals surface area (Å²) in [5, 5.41) is 0. The predicted octanol–water partition coefficient (Wildman–Crippen LogP) is 1.37. The number of hydrogen-bond donors (Lipinski definition) is 0. The van der Waals surface area contributed by atoms with E-state index in [4.69, 9.17) is 4.74 Å². The van der Waals surface area contributed by atoms with Gasteiger partial charge in [-0.3, -0.25) is 9.78 Å². The maximum atomic E-state index is 10.7. The Morgan fingerprint density at radius 1 is 1.50 bits per heavy atom. The molecule has 0 fully saturated rings. The molecule has 0 atom stereocenters. The zero-order valence-corrected chi connectivity index (χ0v) is 6.36. The maximum absolute atomic E-state index is 10.7. The van der Waals surface area contributed by atoms with Crippen molar-refractivity contribution < 1.29 is 9.53 Å². The summed E-state index contributed by atoms with van der Waals surface area (Å²) in [4.78, 5) is 14.7. The Hall–Kier alpha value is -1.64. The number of carbonyl (C=O) groups is 1. The van der Waals surface area contributed by atoms with Crippen LogP contribution in [0.3, 0.4) is 0 Å². The van der Waals surface area contributed by atoms with Crippen molar-refractivity contribution in [2.24, 2.45) is 0 Å². The molecule has 2 heterocycles. The number of pyridine rings is 1. The third kappa shape index (κ3) is 1.21. The number of aromatic nitrogens is 1. The van der Waals surface area contributed by atoms with Crippen molar-refractivity contribution in [1.82, 2.24) is 4.98 Å². The second kappa shape index (κ2) is 2.77. The van der Waals surface area contributed by atoms with Crippen LogP contribution in [-0.2, 0) is 9.53 Å². The molecule has 1 aliphatic rings. The van der Waals surface area contributed by atoms with E-state index in [1.54, 1.807) is 18.5 Å². The Morgan fingerprint density at radius 2 is 2.42 bits per heavy atom. The van der Waals surface area contributed by atoms with Gasteiger partial charge in [0.25, 0.3) is 0 Å². The summed E-state index contributed by atoms with van der Waals surface area (Å²) in [6.45, 7) is 0. The Kier molecular flexibility index (Phi) is 1.63. The molecule has 3 nitrogen and oxygen atoms in total. The Bertz CT molecular complexity index is 330. The van der Waals surface area contributed by atoms with Crippen LogP contribution in [0.15, 0.2) is 30.6 Å². The lowest BCUT2D eigenvalue weighted by Gasteiger charge is -1.99. The molecule has 12 heavy (non-hydrogen) atoms. The largest absolute Gasteiger partial charge is 0.426 e. The van der Waals surface area contributed by atoms with Gasteiger partial charge in [-0.15, -0.1) is 0 Å². The molecule has 0 aromatic carbocycles. The van der Waals surface area contributed by atoms with Crippen molar-refractivity contribution in [2.45, 2.75) is 6.42 Å². The lowest BCUT2D eigenvalue weighted by molar-refractivity contribution is -0.134. The highest BCUT2D eigenvalue weighted by molar-refractivity contribution is 5.85. The molecule has 0 bridgehead atoms. The van der Waals surface area contributed by atoms with Gasteiger partial charge in [-0.2, -0.15) is 0 Å². The van der Waals surface area contributed by atoms with Crippen LogP contribution in [0.25, 0.3) is 5.76 Å². The number of hydrogen-bond acceptors (Lipinski definition) is 3. The van der Waals surface area contributed by atoms with Gasteiger partial charge in [0.15, 0.2) is 0 Å². The first-order valence-corrected chi connectivity index (χ1v) is 3.67. The van der Waals surface area contributed by atoms with E-state index in [-0.39, 0.29) is 5.97 Å². The minimum Gasteiger partial charge on any atom is -0.426 e. The molecule has 2 rings (SSSR count). The molecule has 0 saturated carbocycles. The maximum Gasteiger partial charge on any atom is 0.315 e. The number of ether oxygens (including phenoxy) is 1. The molecular formula is C9H7NO2. The number of cyclic esters (lactones) is 1. The van der Waals surface area contributed by atoms with E-state index in [1.807, 2.05) is 12.1 Å². The van der Waals surface area contributed by atoms with Crippen LogP contribution in [-0.4, -0.2) is 11.0 Å². The van der Waals surface area contributed by atoms with Crippen molar-refractivity contribution in [3.8, 4) is 0 Å². The average molecular weight is 161 g/mol. The molecule has 0 amide bonds. The van der Waals surface area contributed by atoms with E-state index in [1.165, 1.54) is 0 Å². The second-order valence-corrected chi connectivity index (χ2v) is 2.49. The molecule has 0 saturated heterocycles. The minimum absolute atomic E-state index is 0.200. The van der Waals surface area contributed by atoms with Crippen LogP contribution in [0.2, 0.25) is 0 Å². The molecule has 0 radical (unpaired) electrons. The molecule has 0 N–H and O–H groups in total. The number of carbonyl (C=O) groups excluding carboxylic acids is 1. The first-order valence-electron chi connectivity index (χ1n) is 3.67. The van der Waals surface area contributed by atoms with E-state index >= 15 is 0 Å². The van der Waals surface area contributed by atoms with Crippen molar-refractivity contribution in [2.75, 3.05) is 0 Å². The molecule has 60 valence electrons. The zero-order chi connectivity index (χ0) is 8.39. The Balaban J connectivity index is 2.28. The van der Waals surface area contributed by atoms with Crippen LogP contribution in [0.5, 0.6) is 0 Å². The second-order valence-electron chi connectivity index (χ2n) is 2.49. The molecular weight excluding hydrogens is 154 g/mol. The van der Waals surface area contributed by atoms with E-state index < -0.39 is 0 Å². The molecule has 3 heteroatoms. The number of esters is 1.